The van der Waals surface area contributed by atoms with Crippen LogP contribution in [0.2, 0.25) is 0 Å². The van der Waals surface area contributed by atoms with Crippen molar-refractivity contribution in [1.82, 2.24) is 4.57 Å². The van der Waals surface area contributed by atoms with Gasteiger partial charge < -0.3 is 10.3 Å². The molecule has 64 heavy (non-hydrogen) atoms. The lowest BCUT2D eigenvalue weighted by Crippen LogP contribution is -2.36. The lowest BCUT2D eigenvalue weighted by molar-refractivity contribution is 0.457. The average molecular weight is 851 g/mol. The third-order valence-corrected chi connectivity index (χ3v) is 17.1. The van der Waals surface area contributed by atoms with E-state index in [4.69, 9.17) is 15.7 Å². The van der Waals surface area contributed by atoms with Gasteiger partial charge in [0, 0.05) is 48.7 Å². The summed E-state index contributed by atoms with van der Waals surface area (Å²) >= 11 is 2.09. The molecule has 2 heterocycles. The molecule has 1 aromatic heterocycles. The summed E-state index contributed by atoms with van der Waals surface area (Å²) in [6.45, 7) is 11.7. The summed E-state index contributed by atoms with van der Waals surface area (Å²) in [4.78, 5) is 12.3. The Balaban J connectivity index is 1.04. The van der Waals surface area contributed by atoms with Crippen molar-refractivity contribution < 1.29 is 0 Å². The van der Waals surface area contributed by atoms with Gasteiger partial charge in [-0.25, -0.2) is 4.99 Å². The largest absolute Gasteiger partial charge is 0.386 e. The summed E-state index contributed by atoms with van der Waals surface area (Å²) in [5.41, 5.74) is 24.9. The van der Waals surface area contributed by atoms with Crippen molar-refractivity contribution in [3.63, 3.8) is 0 Å². The molecule has 2 N–H and O–H groups in total. The quantitative estimate of drug-likeness (QED) is 0.134. The minimum atomic E-state index is -0.370. The second kappa shape index (κ2) is 14.4. The van der Waals surface area contributed by atoms with E-state index in [2.05, 4.69) is 209 Å². The fourth-order valence-corrected chi connectivity index (χ4v) is 13.9. The number of hydrogen-bond acceptors (Lipinski definition) is 2. The zero-order valence-electron chi connectivity index (χ0n) is 37.4. The molecule has 5 heteroatoms. The van der Waals surface area contributed by atoms with Gasteiger partial charge in [0.15, 0.2) is 5.84 Å². The van der Waals surface area contributed by atoms with Crippen LogP contribution in [0.5, 0.6) is 0 Å². The second-order valence-corrected chi connectivity index (χ2v) is 20.7. The Morgan fingerprint density at radius 1 is 0.812 bits per heavy atom. The number of thioether (sulfide) groups is 1. The van der Waals surface area contributed by atoms with Crippen LogP contribution in [-0.2, 0) is 5.41 Å². The van der Waals surface area contributed by atoms with Crippen LogP contribution in [0, 0.1) is 16.7 Å². The lowest BCUT2D eigenvalue weighted by Gasteiger charge is -2.43. The molecular weight excluding hydrogens is 797 g/mol. The summed E-state index contributed by atoms with van der Waals surface area (Å²) in [5.74, 6) is 1.78. The number of nitrogens with zero attached hydrogens (tertiary/aromatic N) is 3. The molecule has 0 radical (unpaired) electrons. The smallest absolute Gasteiger partial charge is 0.153 e. The van der Waals surface area contributed by atoms with Gasteiger partial charge in [0.25, 0.3) is 0 Å². The molecule has 0 spiro atoms. The van der Waals surface area contributed by atoms with Gasteiger partial charge in [-0.3, -0.25) is 4.99 Å². The van der Waals surface area contributed by atoms with E-state index >= 15 is 0 Å². The van der Waals surface area contributed by atoms with Gasteiger partial charge in [0.05, 0.1) is 11.6 Å². The molecule has 0 saturated heterocycles. The first-order valence-electron chi connectivity index (χ1n) is 23.2. The molecular formula is C59H54N4S. The van der Waals surface area contributed by atoms with Gasteiger partial charge in [-0.2, -0.15) is 0 Å². The maximum atomic E-state index is 6.97. The summed E-state index contributed by atoms with van der Waals surface area (Å²) in [5, 5.41) is 1.62. The van der Waals surface area contributed by atoms with Crippen molar-refractivity contribution >= 4 is 34.3 Å². The number of nitrogens with two attached hydrogens (primary N) is 1. The molecule has 6 atom stereocenters. The molecule has 4 aromatic carbocycles. The van der Waals surface area contributed by atoms with Crippen molar-refractivity contribution in [1.29, 1.82) is 0 Å². The summed E-state index contributed by atoms with van der Waals surface area (Å²) in [6.07, 6.45) is 30.1. The molecule has 0 amide bonds. The van der Waals surface area contributed by atoms with Gasteiger partial charge in [0.1, 0.15) is 5.84 Å². The number of amidine groups is 2. The highest BCUT2D eigenvalue weighted by atomic mass is 32.2. The molecule has 6 unspecified atom stereocenters. The van der Waals surface area contributed by atoms with Crippen LogP contribution >= 0.6 is 11.8 Å². The lowest BCUT2D eigenvalue weighted by atomic mass is 9.63. The van der Waals surface area contributed by atoms with Gasteiger partial charge in [-0.05, 0) is 119 Å². The van der Waals surface area contributed by atoms with Crippen LogP contribution in [0.15, 0.2) is 189 Å². The maximum Gasteiger partial charge on any atom is 0.153 e. The Kier molecular flexibility index (Phi) is 8.88. The van der Waals surface area contributed by atoms with Crippen molar-refractivity contribution in [3.8, 4) is 39.1 Å². The van der Waals surface area contributed by atoms with E-state index in [9.17, 15) is 0 Å². The van der Waals surface area contributed by atoms with E-state index in [-0.39, 0.29) is 27.5 Å². The molecule has 6 aliphatic carbocycles. The maximum absolute atomic E-state index is 6.97. The highest BCUT2D eigenvalue weighted by molar-refractivity contribution is 8.03. The highest BCUT2D eigenvalue weighted by Gasteiger charge is 2.56. The third kappa shape index (κ3) is 5.62. The van der Waals surface area contributed by atoms with E-state index in [1.54, 1.807) is 5.57 Å². The van der Waals surface area contributed by atoms with Crippen molar-refractivity contribution in [2.75, 3.05) is 0 Å². The van der Waals surface area contributed by atoms with E-state index in [0.29, 0.717) is 11.8 Å². The molecule has 12 rings (SSSR count). The molecule has 0 saturated carbocycles. The topological polar surface area (TPSA) is 55.7 Å². The van der Waals surface area contributed by atoms with E-state index < -0.39 is 0 Å². The van der Waals surface area contributed by atoms with Crippen molar-refractivity contribution in [2.45, 2.75) is 77.0 Å². The molecule has 0 bridgehead atoms. The first kappa shape index (κ1) is 39.4. The Labute approximate surface area is 381 Å². The predicted octanol–water partition coefficient (Wildman–Crippen LogP) is 15.0. The SMILES string of the molecule is CCC(N=C(N=C(N)C1(C)C=CC=CC1)C1=CC=C2C=CC=CC2(C)C1)c1ccc(-n2c3c4c5c(cccc52)-c2ccccc2-c2cccc(c2-4)C2SC4=C(C(C)CC=C4)C32C)cc1. The molecule has 1 aliphatic heterocycles. The van der Waals surface area contributed by atoms with E-state index in [0.717, 1.165) is 37.1 Å². The summed E-state index contributed by atoms with van der Waals surface area (Å²) < 4.78 is 2.65. The molecule has 5 aromatic rings. The predicted molar refractivity (Wildman–Crippen MR) is 271 cm³/mol. The van der Waals surface area contributed by atoms with E-state index in [1.165, 1.54) is 77.3 Å². The van der Waals surface area contributed by atoms with Crippen LogP contribution in [-0.4, -0.2) is 16.2 Å². The number of aromatic nitrogens is 1. The number of allylic oxidation sites excluding steroid dienone is 13. The highest BCUT2D eigenvalue weighted by Crippen LogP contribution is 2.70. The second-order valence-electron chi connectivity index (χ2n) is 19.6. The molecule has 316 valence electrons. The normalized spacial score (nSPS) is 27.5. The number of fused-ring (bicyclic) bond motifs is 8. The standard InChI is InChI=1S/C59H54N4S/c1-6-46(61-55(62-56(60)57(3)32-11-7-12-33-57)38-26-29-39-18-10-13-34-58(39,4)35-38)37-27-30-40(31-28-37)63-47-24-16-22-44-42-20-9-8-19-41(42)43-21-15-23-45-49(43)51(50(44)47)53(63)59(5)52-36(2)17-14-25-48(52)64-54(45)59/h7-16,18-32,34,36,46,54H,6,17,33,35H2,1-5H3,(H2,60,61,62). The first-order chi connectivity index (χ1) is 31.1. The number of benzene rings is 4. The zero-order valence-corrected chi connectivity index (χ0v) is 38.2. The minimum Gasteiger partial charge on any atom is -0.386 e. The van der Waals surface area contributed by atoms with Crippen LogP contribution in [0.4, 0.5) is 0 Å². The van der Waals surface area contributed by atoms with E-state index in [1.807, 2.05) is 0 Å². The zero-order chi connectivity index (χ0) is 43.5. The monoisotopic (exact) mass is 850 g/mol. The molecule has 4 nitrogen and oxygen atoms in total. The number of rotatable bonds is 6. The van der Waals surface area contributed by atoms with Crippen LogP contribution in [0.1, 0.15) is 88.4 Å². The third-order valence-electron chi connectivity index (χ3n) is 15.6. The average Bonchev–Trinajstić information content (AvgIpc) is 3.80. The Morgan fingerprint density at radius 3 is 2.38 bits per heavy atom. The van der Waals surface area contributed by atoms with Gasteiger partial charge in [-0.1, -0.05) is 160 Å². The van der Waals surface area contributed by atoms with Crippen LogP contribution in [0.3, 0.4) is 0 Å². The number of aliphatic imine (C=N–C) groups is 2. The molecule has 7 aliphatic rings. The van der Waals surface area contributed by atoms with Crippen molar-refractivity contribution in [2.24, 2.45) is 32.5 Å². The van der Waals surface area contributed by atoms with Crippen LogP contribution in [0.25, 0.3) is 50.0 Å². The Bertz CT molecular complexity index is 3170. The van der Waals surface area contributed by atoms with Crippen molar-refractivity contribution in [3.05, 3.63) is 196 Å². The summed E-state index contributed by atoms with van der Waals surface area (Å²) in [6, 6.07) is 32.4. The van der Waals surface area contributed by atoms with Gasteiger partial charge in [0.2, 0.25) is 0 Å². The fourth-order valence-electron chi connectivity index (χ4n) is 12.2. The van der Waals surface area contributed by atoms with Gasteiger partial charge in [-0.15, -0.1) is 11.8 Å². The summed E-state index contributed by atoms with van der Waals surface area (Å²) in [7, 11) is 0. The first-order valence-corrected chi connectivity index (χ1v) is 24.1. The Hall–Kier alpha value is -6.17. The number of hydrogen-bond donors (Lipinski definition) is 1. The Morgan fingerprint density at radius 2 is 1.58 bits per heavy atom. The van der Waals surface area contributed by atoms with Crippen LogP contribution < -0.4 is 5.73 Å². The minimum absolute atomic E-state index is 0.106. The molecule has 0 fully saturated rings. The van der Waals surface area contributed by atoms with Gasteiger partial charge >= 0.3 is 0 Å². The fraction of sp³-hybridized carbons (Fsp3) is 0.254.